The molecular weight excluding hydrogens is 130 g/mol. The first kappa shape index (κ1) is 7.34. The molecule has 10 heavy (non-hydrogen) atoms. The standard InChI is InChI=1S/C6H13N3O/c7-6(8)9-3-1-2-5(9)4-10/h5,10H,1-4H2,(H3,7,8)/p+1/t5-/m1/s1. The Morgan fingerprint density at radius 1 is 1.60 bits per heavy atom. The Bertz CT molecular complexity index is 151. The Kier molecular flexibility index (Phi) is 2.11. The van der Waals surface area contributed by atoms with E-state index in [0.29, 0.717) is 5.96 Å². The third kappa shape index (κ3) is 1.21. The van der Waals surface area contributed by atoms with Crippen LogP contribution in [-0.4, -0.2) is 34.8 Å². The van der Waals surface area contributed by atoms with Crippen LogP contribution in [0.1, 0.15) is 12.8 Å². The maximum absolute atomic E-state index is 8.82. The molecule has 0 aromatic rings. The molecule has 1 rings (SSSR count). The van der Waals surface area contributed by atoms with Crippen LogP contribution in [0.15, 0.2) is 0 Å². The molecule has 0 aliphatic carbocycles. The van der Waals surface area contributed by atoms with E-state index in [2.05, 4.69) is 0 Å². The highest BCUT2D eigenvalue weighted by Gasteiger charge is 2.23. The zero-order valence-electron chi connectivity index (χ0n) is 5.95. The van der Waals surface area contributed by atoms with E-state index >= 15 is 0 Å². The van der Waals surface area contributed by atoms with E-state index in [0.717, 1.165) is 19.4 Å². The smallest absolute Gasteiger partial charge is 0.341 e. The van der Waals surface area contributed by atoms with Crippen LogP contribution < -0.4 is 11.5 Å². The fourth-order valence-corrected chi connectivity index (χ4v) is 1.37. The molecule has 0 aromatic heterocycles. The average molecular weight is 144 g/mol. The predicted octanol–water partition coefficient (Wildman–Crippen LogP) is -1.57. The first-order valence-electron chi connectivity index (χ1n) is 3.51. The Balaban J connectivity index is 2.68. The molecule has 0 amide bonds. The molecule has 1 fully saturated rings. The van der Waals surface area contributed by atoms with E-state index in [-0.39, 0.29) is 12.6 Å². The van der Waals surface area contributed by atoms with Crippen molar-refractivity contribution in [3.8, 4) is 0 Å². The summed E-state index contributed by atoms with van der Waals surface area (Å²) < 4.78 is 1.85. The summed E-state index contributed by atoms with van der Waals surface area (Å²) in [6.45, 7) is 1.03. The van der Waals surface area contributed by atoms with Gasteiger partial charge in [0, 0.05) is 0 Å². The molecule has 1 heterocycles. The topological polar surface area (TPSA) is 75.3 Å². The number of hydrogen-bond donors (Lipinski definition) is 3. The van der Waals surface area contributed by atoms with Crippen LogP contribution in [0.25, 0.3) is 0 Å². The number of nitrogens with two attached hydrogens (primary N) is 2. The van der Waals surface area contributed by atoms with Gasteiger partial charge in [-0.2, -0.15) is 0 Å². The monoisotopic (exact) mass is 144 g/mol. The summed E-state index contributed by atoms with van der Waals surface area (Å²) in [6.07, 6.45) is 2.07. The summed E-state index contributed by atoms with van der Waals surface area (Å²) in [6, 6.07) is 0.157. The van der Waals surface area contributed by atoms with Crippen LogP contribution in [0.5, 0.6) is 0 Å². The Labute approximate surface area is 60.1 Å². The molecule has 4 nitrogen and oxygen atoms in total. The van der Waals surface area contributed by atoms with E-state index < -0.39 is 0 Å². The van der Waals surface area contributed by atoms with Gasteiger partial charge in [-0.15, -0.1) is 0 Å². The Hall–Kier alpha value is -0.770. The quantitative estimate of drug-likeness (QED) is 0.307. The van der Waals surface area contributed by atoms with Gasteiger partial charge in [-0.25, -0.2) is 0 Å². The van der Waals surface area contributed by atoms with Gasteiger partial charge < -0.3 is 5.11 Å². The lowest BCUT2D eigenvalue weighted by atomic mass is 10.2. The zero-order chi connectivity index (χ0) is 7.56. The highest BCUT2D eigenvalue weighted by molar-refractivity contribution is 5.70. The van der Waals surface area contributed by atoms with E-state index in [1.54, 1.807) is 0 Å². The first-order chi connectivity index (χ1) is 4.75. The van der Waals surface area contributed by atoms with Gasteiger partial charge in [-0.1, -0.05) is 0 Å². The highest BCUT2D eigenvalue weighted by atomic mass is 16.3. The number of aliphatic hydroxyl groups excluding tert-OH is 1. The molecule has 1 aliphatic rings. The molecule has 0 aromatic carbocycles. The molecule has 0 radical (unpaired) electrons. The number of hydrogen-bond acceptors (Lipinski definition) is 1. The fourth-order valence-electron chi connectivity index (χ4n) is 1.37. The number of nitrogens with zero attached hydrogens (tertiary/aromatic N) is 1. The number of aliphatic hydroxyl groups is 1. The molecular formula is C6H14N3O+. The lowest BCUT2D eigenvalue weighted by Crippen LogP contribution is -2.39. The molecule has 1 atom stereocenters. The van der Waals surface area contributed by atoms with Gasteiger partial charge >= 0.3 is 5.96 Å². The van der Waals surface area contributed by atoms with Crippen LogP contribution in [0.2, 0.25) is 0 Å². The van der Waals surface area contributed by atoms with Crippen molar-refractivity contribution in [3.05, 3.63) is 0 Å². The maximum atomic E-state index is 8.82. The van der Waals surface area contributed by atoms with Crippen molar-refractivity contribution in [2.24, 2.45) is 11.5 Å². The SMILES string of the molecule is NC(N)=[N+]1CCC[C@@H]1CO. The summed E-state index contributed by atoms with van der Waals surface area (Å²) in [5, 5.41) is 8.82. The van der Waals surface area contributed by atoms with Crippen molar-refractivity contribution in [3.63, 3.8) is 0 Å². The lowest BCUT2D eigenvalue weighted by Gasteiger charge is -2.07. The van der Waals surface area contributed by atoms with Crippen LogP contribution in [0.3, 0.4) is 0 Å². The van der Waals surface area contributed by atoms with E-state index in [1.807, 2.05) is 4.58 Å². The van der Waals surface area contributed by atoms with Gasteiger partial charge in [0.25, 0.3) is 0 Å². The largest absolute Gasteiger partial charge is 0.393 e. The molecule has 58 valence electrons. The summed E-state index contributed by atoms with van der Waals surface area (Å²) >= 11 is 0. The van der Waals surface area contributed by atoms with Gasteiger partial charge in [-0.05, 0) is 12.8 Å². The summed E-state index contributed by atoms with van der Waals surface area (Å²) in [5.74, 6) is 0.330. The fraction of sp³-hybridized carbons (Fsp3) is 0.833. The average Bonchev–Trinajstić information content (AvgIpc) is 2.33. The van der Waals surface area contributed by atoms with Crippen LogP contribution in [0, 0.1) is 0 Å². The Morgan fingerprint density at radius 3 is 2.70 bits per heavy atom. The lowest BCUT2D eigenvalue weighted by molar-refractivity contribution is -0.548. The van der Waals surface area contributed by atoms with E-state index in [4.69, 9.17) is 16.6 Å². The molecule has 1 saturated heterocycles. The molecule has 5 N–H and O–H groups in total. The zero-order valence-corrected chi connectivity index (χ0v) is 5.95. The third-order valence-electron chi connectivity index (χ3n) is 1.92. The van der Waals surface area contributed by atoms with Crippen molar-refractivity contribution in [1.82, 2.24) is 0 Å². The van der Waals surface area contributed by atoms with Crippen molar-refractivity contribution < 1.29 is 9.68 Å². The molecule has 4 heteroatoms. The minimum Gasteiger partial charge on any atom is -0.393 e. The summed E-state index contributed by atoms with van der Waals surface area (Å²) in [7, 11) is 0. The highest BCUT2D eigenvalue weighted by Crippen LogP contribution is 2.10. The molecule has 0 spiro atoms. The predicted molar refractivity (Wildman–Crippen MR) is 38.6 cm³/mol. The molecule has 0 saturated carbocycles. The minimum atomic E-state index is 0.151. The van der Waals surface area contributed by atoms with Crippen molar-refractivity contribution in [1.29, 1.82) is 0 Å². The van der Waals surface area contributed by atoms with Crippen molar-refractivity contribution in [2.75, 3.05) is 13.2 Å². The van der Waals surface area contributed by atoms with Crippen molar-refractivity contribution in [2.45, 2.75) is 18.9 Å². The van der Waals surface area contributed by atoms with Gasteiger partial charge in [-0.3, -0.25) is 16.0 Å². The molecule has 1 aliphatic heterocycles. The van der Waals surface area contributed by atoms with Crippen LogP contribution >= 0.6 is 0 Å². The molecule has 0 unspecified atom stereocenters. The summed E-state index contributed by atoms with van der Waals surface area (Å²) in [5.41, 5.74) is 10.7. The first-order valence-corrected chi connectivity index (χ1v) is 3.51. The van der Waals surface area contributed by atoms with Gasteiger partial charge in [0.05, 0.1) is 13.2 Å². The summed E-state index contributed by atoms with van der Waals surface area (Å²) in [4.78, 5) is 0. The minimum absolute atomic E-state index is 0.151. The molecule has 0 bridgehead atoms. The normalized spacial score (nSPS) is 25.3. The number of rotatable bonds is 1. The second-order valence-corrected chi connectivity index (χ2v) is 2.60. The third-order valence-corrected chi connectivity index (χ3v) is 1.92. The van der Waals surface area contributed by atoms with Gasteiger partial charge in [0.15, 0.2) is 0 Å². The Morgan fingerprint density at radius 2 is 2.30 bits per heavy atom. The second kappa shape index (κ2) is 2.88. The second-order valence-electron chi connectivity index (χ2n) is 2.60. The van der Waals surface area contributed by atoms with Crippen LogP contribution in [-0.2, 0) is 0 Å². The van der Waals surface area contributed by atoms with Crippen LogP contribution in [0.4, 0.5) is 0 Å². The van der Waals surface area contributed by atoms with Gasteiger partial charge in [0.2, 0.25) is 0 Å². The van der Waals surface area contributed by atoms with Gasteiger partial charge in [0.1, 0.15) is 6.04 Å². The van der Waals surface area contributed by atoms with E-state index in [9.17, 15) is 0 Å². The maximum Gasteiger partial charge on any atom is 0.341 e. The number of guanidine groups is 1. The van der Waals surface area contributed by atoms with Crippen molar-refractivity contribution >= 4 is 5.96 Å². The van der Waals surface area contributed by atoms with E-state index in [1.165, 1.54) is 0 Å².